The lowest BCUT2D eigenvalue weighted by Crippen LogP contribution is -2.33. The van der Waals surface area contributed by atoms with E-state index in [-0.39, 0.29) is 23.7 Å². The fraction of sp³-hybridized carbons (Fsp3) is 0.400. The highest BCUT2D eigenvalue weighted by Gasteiger charge is 2.28. The summed E-state index contributed by atoms with van der Waals surface area (Å²) in [6, 6.07) is 3.48. The van der Waals surface area contributed by atoms with Crippen molar-refractivity contribution in [3.05, 3.63) is 53.4 Å². The molecule has 1 N–H and O–H groups in total. The van der Waals surface area contributed by atoms with E-state index in [9.17, 15) is 9.18 Å². The van der Waals surface area contributed by atoms with Gasteiger partial charge >= 0.3 is 0 Å². The summed E-state index contributed by atoms with van der Waals surface area (Å²) in [5.74, 6) is 0.535. The molecule has 0 unspecified atom stereocenters. The van der Waals surface area contributed by atoms with Gasteiger partial charge in [0, 0.05) is 36.9 Å². The van der Waals surface area contributed by atoms with Crippen molar-refractivity contribution >= 4 is 17.4 Å². The number of aryl methyl sites for hydroxylation is 1. The molecule has 2 atom stereocenters. The van der Waals surface area contributed by atoms with Crippen molar-refractivity contribution in [3.63, 3.8) is 0 Å². The highest BCUT2D eigenvalue weighted by Crippen LogP contribution is 2.32. The molecule has 5 rings (SSSR count). The Bertz CT molecular complexity index is 1060. The van der Waals surface area contributed by atoms with Gasteiger partial charge in [0.1, 0.15) is 17.2 Å². The van der Waals surface area contributed by atoms with Crippen molar-refractivity contribution < 1.29 is 9.18 Å². The molecule has 8 heteroatoms. The Labute approximate surface area is 161 Å². The lowest BCUT2D eigenvalue weighted by Gasteiger charge is -2.20. The van der Waals surface area contributed by atoms with Gasteiger partial charge in [0.2, 0.25) is 0 Å². The Morgan fingerprint density at radius 1 is 1.29 bits per heavy atom. The number of nitrogens with zero attached hydrogens (tertiary/aromatic N) is 5. The Morgan fingerprint density at radius 2 is 2.18 bits per heavy atom. The summed E-state index contributed by atoms with van der Waals surface area (Å²) in [7, 11) is 0. The molecule has 2 aliphatic rings. The summed E-state index contributed by atoms with van der Waals surface area (Å²) in [6.07, 6.45) is 7.02. The van der Waals surface area contributed by atoms with Gasteiger partial charge in [0.15, 0.2) is 5.65 Å². The second-order valence-electron chi connectivity index (χ2n) is 7.65. The van der Waals surface area contributed by atoms with Crippen molar-refractivity contribution in [1.29, 1.82) is 0 Å². The van der Waals surface area contributed by atoms with Crippen LogP contribution in [0, 0.1) is 5.82 Å². The molecule has 0 aliphatic carbocycles. The largest absolute Gasteiger partial charge is 0.356 e. The van der Waals surface area contributed by atoms with Crippen LogP contribution in [0.1, 0.15) is 47.3 Å². The van der Waals surface area contributed by atoms with Gasteiger partial charge in [-0.15, -0.1) is 0 Å². The number of fused-ring (bicyclic) bond motifs is 6. The Morgan fingerprint density at radius 3 is 3.07 bits per heavy atom. The third-order valence-corrected chi connectivity index (χ3v) is 5.71. The van der Waals surface area contributed by atoms with Gasteiger partial charge in [0.25, 0.3) is 5.91 Å². The number of aromatic nitrogens is 4. The maximum atomic E-state index is 13.9. The molecule has 0 spiro atoms. The number of amides is 1. The quantitative estimate of drug-likeness (QED) is 0.648. The molecule has 0 saturated carbocycles. The molecular formula is C20H21FN6O. The second kappa shape index (κ2) is 6.54. The lowest BCUT2D eigenvalue weighted by atomic mass is 9.94. The molecule has 28 heavy (non-hydrogen) atoms. The first-order chi connectivity index (χ1) is 13.6. The van der Waals surface area contributed by atoms with E-state index in [1.165, 1.54) is 6.20 Å². The van der Waals surface area contributed by atoms with Crippen LogP contribution in [0.15, 0.2) is 30.7 Å². The number of hydrogen-bond acceptors (Lipinski definition) is 5. The van der Waals surface area contributed by atoms with Crippen LogP contribution in [-0.2, 0) is 6.42 Å². The number of carbonyl (C=O) groups excluding carboxylic acids is 1. The third-order valence-electron chi connectivity index (χ3n) is 5.71. The predicted molar refractivity (Wildman–Crippen MR) is 102 cm³/mol. The highest BCUT2D eigenvalue weighted by atomic mass is 19.1. The standard InChI is InChI=1S/C20H21FN6O/c1-12-2-3-17-15(8-14(21)9-22-17)13-4-6-26(11-13)18-5-7-27-19(25-18)16(10-23-27)20(28)24-12/h5,7-10,12-13H,2-4,6,11H2,1H3,(H,24,28)/t12-,13+/m1/s1. The van der Waals surface area contributed by atoms with Gasteiger partial charge in [-0.05, 0) is 43.9 Å². The van der Waals surface area contributed by atoms with E-state index < -0.39 is 0 Å². The van der Waals surface area contributed by atoms with Crippen LogP contribution >= 0.6 is 0 Å². The summed E-state index contributed by atoms with van der Waals surface area (Å²) in [5, 5.41) is 7.27. The van der Waals surface area contributed by atoms with E-state index in [2.05, 4.69) is 20.3 Å². The van der Waals surface area contributed by atoms with E-state index in [1.807, 2.05) is 19.2 Å². The molecule has 1 amide bonds. The van der Waals surface area contributed by atoms with E-state index in [0.717, 1.165) is 43.0 Å². The summed E-state index contributed by atoms with van der Waals surface area (Å²) >= 11 is 0. The van der Waals surface area contributed by atoms with Crippen LogP contribution in [0.2, 0.25) is 0 Å². The zero-order valence-electron chi connectivity index (χ0n) is 15.6. The van der Waals surface area contributed by atoms with Crippen LogP contribution in [0.4, 0.5) is 10.2 Å². The summed E-state index contributed by atoms with van der Waals surface area (Å²) in [6.45, 7) is 3.55. The molecule has 0 aromatic carbocycles. The summed E-state index contributed by atoms with van der Waals surface area (Å²) in [4.78, 5) is 24.0. The Kier molecular flexibility index (Phi) is 3.99. The van der Waals surface area contributed by atoms with E-state index >= 15 is 0 Å². The van der Waals surface area contributed by atoms with Gasteiger partial charge in [-0.25, -0.2) is 13.9 Å². The van der Waals surface area contributed by atoms with Crippen molar-refractivity contribution in [3.8, 4) is 0 Å². The normalized spacial score (nSPS) is 22.2. The maximum absolute atomic E-state index is 13.9. The number of rotatable bonds is 0. The van der Waals surface area contributed by atoms with E-state index in [4.69, 9.17) is 4.98 Å². The van der Waals surface area contributed by atoms with Gasteiger partial charge in [-0.1, -0.05) is 0 Å². The average molecular weight is 380 g/mol. The van der Waals surface area contributed by atoms with Gasteiger partial charge in [0.05, 0.1) is 12.4 Å². The number of hydrogen-bond donors (Lipinski definition) is 1. The number of pyridine rings is 1. The SMILES string of the molecule is C[C@@H]1CCc2ncc(F)cc2[C@H]2CCN(C2)c2ccn3ncc(c3n2)C(=O)N1. The molecule has 3 aromatic rings. The molecular weight excluding hydrogens is 359 g/mol. The highest BCUT2D eigenvalue weighted by molar-refractivity contribution is 5.99. The zero-order valence-corrected chi connectivity index (χ0v) is 15.6. The third kappa shape index (κ3) is 2.89. The minimum Gasteiger partial charge on any atom is -0.356 e. The molecule has 1 fully saturated rings. The van der Waals surface area contributed by atoms with E-state index in [0.29, 0.717) is 17.6 Å². The van der Waals surface area contributed by atoms with E-state index in [1.54, 1.807) is 16.8 Å². The fourth-order valence-electron chi connectivity index (χ4n) is 4.19. The first kappa shape index (κ1) is 17.1. The second-order valence-corrected chi connectivity index (χ2v) is 7.65. The Hall–Kier alpha value is -3.03. The molecule has 0 radical (unpaired) electrons. The lowest BCUT2D eigenvalue weighted by molar-refractivity contribution is 0.0940. The van der Waals surface area contributed by atoms with Crippen LogP contribution in [0.3, 0.4) is 0 Å². The number of anilines is 1. The summed E-state index contributed by atoms with van der Waals surface area (Å²) in [5.41, 5.74) is 2.92. The molecule has 7 nitrogen and oxygen atoms in total. The molecule has 144 valence electrons. The minimum absolute atomic E-state index is 0.0478. The van der Waals surface area contributed by atoms with Crippen LogP contribution < -0.4 is 10.2 Å². The maximum Gasteiger partial charge on any atom is 0.256 e. The van der Waals surface area contributed by atoms with Crippen molar-refractivity contribution in [2.45, 2.75) is 38.1 Å². The molecule has 2 aliphatic heterocycles. The Balaban J connectivity index is 1.60. The molecule has 1 saturated heterocycles. The first-order valence-electron chi connectivity index (χ1n) is 9.63. The monoisotopic (exact) mass is 380 g/mol. The molecule has 3 aromatic heterocycles. The minimum atomic E-state index is -0.303. The average Bonchev–Trinajstić information content (AvgIpc) is 3.33. The van der Waals surface area contributed by atoms with Gasteiger partial charge in [-0.3, -0.25) is 9.78 Å². The molecule has 4 bridgehead atoms. The fourth-order valence-corrected chi connectivity index (χ4v) is 4.19. The zero-order chi connectivity index (χ0) is 19.3. The topological polar surface area (TPSA) is 75.4 Å². The number of nitrogens with one attached hydrogen (secondary N) is 1. The van der Waals surface area contributed by atoms with Crippen molar-refractivity contribution in [1.82, 2.24) is 24.9 Å². The van der Waals surface area contributed by atoms with Crippen LogP contribution in [0.25, 0.3) is 5.65 Å². The molecule has 5 heterocycles. The van der Waals surface area contributed by atoms with Crippen LogP contribution in [-0.4, -0.2) is 44.6 Å². The van der Waals surface area contributed by atoms with Crippen LogP contribution in [0.5, 0.6) is 0 Å². The van der Waals surface area contributed by atoms with Crippen molar-refractivity contribution in [2.75, 3.05) is 18.0 Å². The van der Waals surface area contributed by atoms with Gasteiger partial charge < -0.3 is 10.2 Å². The number of carbonyl (C=O) groups is 1. The first-order valence-corrected chi connectivity index (χ1v) is 9.63. The van der Waals surface area contributed by atoms with Gasteiger partial charge in [-0.2, -0.15) is 5.10 Å². The smallest absolute Gasteiger partial charge is 0.256 e. The summed E-state index contributed by atoms with van der Waals surface area (Å²) < 4.78 is 15.6. The van der Waals surface area contributed by atoms with Crippen molar-refractivity contribution in [2.24, 2.45) is 0 Å². The number of halogens is 1. The predicted octanol–water partition coefficient (Wildman–Crippen LogP) is 2.32.